The Morgan fingerprint density at radius 2 is 1.73 bits per heavy atom. The van der Waals surface area contributed by atoms with Crippen molar-refractivity contribution in [2.24, 2.45) is 5.92 Å². The molecule has 3 heterocycles. The molecule has 0 unspecified atom stereocenters. The van der Waals surface area contributed by atoms with Gasteiger partial charge in [-0.1, -0.05) is 32.0 Å². The molecule has 0 saturated heterocycles. The number of pyridine rings is 1. The Hall–Kier alpha value is -2.98. The van der Waals surface area contributed by atoms with Crippen molar-refractivity contribution >= 4 is 45.2 Å². The molecule has 0 bridgehead atoms. The van der Waals surface area contributed by atoms with Crippen molar-refractivity contribution < 1.29 is 9.15 Å². The summed E-state index contributed by atoms with van der Waals surface area (Å²) < 4.78 is 14.6. The standard InChI is InChI=1S/C25H24N2O2.ClH/c1-15(2)14-27-17(4)16(3)19-11-12-26-25(24(19)27)28-18-9-10-23-21(13-18)20-7-5-6-8-22(20)29-23;/h5-13,15H,14H2,1-4H3;1H. The van der Waals surface area contributed by atoms with Crippen LogP contribution >= 0.6 is 12.4 Å². The fourth-order valence-electron chi connectivity index (χ4n) is 4.11. The first-order valence-electron chi connectivity index (χ1n) is 10.1. The molecule has 0 aliphatic carbocycles. The Balaban J connectivity index is 0.00000218. The number of fused-ring (bicyclic) bond motifs is 4. The lowest BCUT2D eigenvalue weighted by Crippen LogP contribution is -2.07. The van der Waals surface area contributed by atoms with Gasteiger partial charge in [-0.25, -0.2) is 4.98 Å². The van der Waals surface area contributed by atoms with Gasteiger partial charge < -0.3 is 13.7 Å². The van der Waals surface area contributed by atoms with Crippen molar-refractivity contribution in [2.75, 3.05) is 0 Å². The monoisotopic (exact) mass is 420 g/mol. The molecule has 2 aromatic carbocycles. The molecule has 0 atom stereocenters. The number of hydrogen-bond donors (Lipinski definition) is 0. The molecular formula is C25H25ClN2O2. The van der Waals surface area contributed by atoms with Crippen molar-refractivity contribution in [3.05, 3.63) is 66.0 Å². The third-order valence-electron chi connectivity index (χ3n) is 5.62. The molecule has 0 N–H and O–H groups in total. The smallest absolute Gasteiger partial charge is 0.244 e. The second-order valence-corrected chi connectivity index (χ2v) is 8.09. The highest BCUT2D eigenvalue weighted by molar-refractivity contribution is 6.05. The topological polar surface area (TPSA) is 40.2 Å². The number of halogens is 1. The maximum absolute atomic E-state index is 6.34. The van der Waals surface area contributed by atoms with E-state index in [1.807, 2.05) is 42.6 Å². The van der Waals surface area contributed by atoms with Crippen molar-refractivity contribution in [3.8, 4) is 11.6 Å². The summed E-state index contributed by atoms with van der Waals surface area (Å²) in [5, 5.41) is 3.34. The number of furan rings is 1. The summed E-state index contributed by atoms with van der Waals surface area (Å²) in [6.45, 7) is 9.74. The fourth-order valence-corrected chi connectivity index (χ4v) is 4.11. The second-order valence-electron chi connectivity index (χ2n) is 8.09. The van der Waals surface area contributed by atoms with Gasteiger partial charge in [0.1, 0.15) is 22.4 Å². The zero-order valence-corrected chi connectivity index (χ0v) is 18.4. The first-order chi connectivity index (χ1) is 14.0. The van der Waals surface area contributed by atoms with Crippen LogP contribution in [-0.2, 0) is 6.54 Å². The van der Waals surface area contributed by atoms with E-state index in [4.69, 9.17) is 9.15 Å². The third kappa shape index (κ3) is 3.21. The van der Waals surface area contributed by atoms with Crippen LogP contribution in [0, 0.1) is 19.8 Å². The molecule has 4 nitrogen and oxygen atoms in total. The molecule has 5 heteroatoms. The van der Waals surface area contributed by atoms with Crippen LogP contribution in [-0.4, -0.2) is 9.55 Å². The van der Waals surface area contributed by atoms with Crippen LogP contribution in [0.1, 0.15) is 25.1 Å². The quantitative estimate of drug-likeness (QED) is 0.303. The second kappa shape index (κ2) is 7.69. The number of ether oxygens (including phenoxy) is 1. The molecule has 0 aliphatic rings. The van der Waals surface area contributed by atoms with Gasteiger partial charge in [-0.2, -0.15) is 0 Å². The van der Waals surface area contributed by atoms with Crippen LogP contribution in [0.4, 0.5) is 0 Å². The summed E-state index contributed by atoms with van der Waals surface area (Å²) in [6.07, 6.45) is 1.83. The number of aryl methyl sites for hydroxylation is 1. The molecule has 0 aliphatic heterocycles. The molecule has 0 radical (unpaired) electrons. The van der Waals surface area contributed by atoms with Crippen LogP contribution in [0.25, 0.3) is 32.8 Å². The van der Waals surface area contributed by atoms with Crippen LogP contribution in [0.15, 0.2) is 59.1 Å². The zero-order valence-electron chi connectivity index (χ0n) is 17.6. The molecule has 30 heavy (non-hydrogen) atoms. The van der Waals surface area contributed by atoms with Crippen molar-refractivity contribution in [3.63, 3.8) is 0 Å². The lowest BCUT2D eigenvalue weighted by atomic mass is 10.1. The van der Waals surface area contributed by atoms with E-state index in [9.17, 15) is 0 Å². The SMILES string of the molecule is Cc1c(C)n(CC(C)C)c2c(Oc3ccc4oc5ccccc5c4c3)nccc12.Cl. The number of rotatable bonds is 4. The van der Waals surface area contributed by atoms with Crippen LogP contribution in [0.2, 0.25) is 0 Å². The average molecular weight is 421 g/mol. The fraction of sp³-hybridized carbons (Fsp3) is 0.240. The molecule has 154 valence electrons. The molecular weight excluding hydrogens is 396 g/mol. The van der Waals surface area contributed by atoms with Gasteiger partial charge in [0, 0.05) is 34.6 Å². The molecule has 5 aromatic rings. The number of benzene rings is 2. The molecule has 0 fully saturated rings. The Morgan fingerprint density at radius 3 is 2.53 bits per heavy atom. The highest BCUT2D eigenvalue weighted by Gasteiger charge is 2.18. The zero-order chi connectivity index (χ0) is 20.1. The van der Waals surface area contributed by atoms with E-state index in [1.54, 1.807) is 0 Å². The van der Waals surface area contributed by atoms with E-state index in [-0.39, 0.29) is 12.4 Å². The Kier molecular flexibility index (Phi) is 5.20. The summed E-state index contributed by atoms with van der Waals surface area (Å²) in [4.78, 5) is 4.59. The maximum atomic E-state index is 6.34. The third-order valence-corrected chi connectivity index (χ3v) is 5.62. The van der Waals surface area contributed by atoms with Gasteiger partial charge in [0.25, 0.3) is 0 Å². The number of nitrogens with zero attached hydrogens (tertiary/aromatic N) is 2. The van der Waals surface area contributed by atoms with E-state index in [0.29, 0.717) is 11.8 Å². The van der Waals surface area contributed by atoms with Gasteiger partial charge in [0.15, 0.2) is 0 Å². The summed E-state index contributed by atoms with van der Waals surface area (Å²) in [5.41, 5.74) is 5.36. The number of para-hydroxylation sites is 1. The van der Waals surface area contributed by atoms with Gasteiger partial charge in [0.05, 0.1) is 0 Å². The van der Waals surface area contributed by atoms with Gasteiger partial charge in [0.2, 0.25) is 5.88 Å². The maximum Gasteiger partial charge on any atom is 0.244 e. The Morgan fingerprint density at radius 1 is 0.967 bits per heavy atom. The first kappa shape index (κ1) is 20.3. The Labute approximate surface area is 181 Å². The first-order valence-corrected chi connectivity index (χ1v) is 10.1. The van der Waals surface area contributed by atoms with E-state index in [0.717, 1.165) is 39.7 Å². The summed E-state index contributed by atoms with van der Waals surface area (Å²) >= 11 is 0. The van der Waals surface area contributed by atoms with Gasteiger partial charge >= 0.3 is 0 Å². The summed E-state index contributed by atoms with van der Waals surface area (Å²) in [7, 11) is 0. The predicted molar refractivity (Wildman–Crippen MR) is 125 cm³/mol. The van der Waals surface area contributed by atoms with E-state index >= 15 is 0 Å². The average Bonchev–Trinajstić information content (AvgIpc) is 3.19. The van der Waals surface area contributed by atoms with Crippen molar-refractivity contribution in [1.82, 2.24) is 9.55 Å². The van der Waals surface area contributed by atoms with Gasteiger partial charge in [-0.05, 0) is 55.7 Å². The highest BCUT2D eigenvalue weighted by atomic mass is 35.5. The van der Waals surface area contributed by atoms with Crippen molar-refractivity contribution in [1.29, 1.82) is 0 Å². The number of hydrogen-bond acceptors (Lipinski definition) is 3. The number of aromatic nitrogens is 2. The highest BCUT2D eigenvalue weighted by Crippen LogP contribution is 2.36. The molecule has 5 rings (SSSR count). The van der Waals surface area contributed by atoms with Gasteiger partial charge in [-0.3, -0.25) is 0 Å². The molecule has 0 spiro atoms. The summed E-state index contributed by atoms with van der Waals surface area (Å²) in [5.74, 6) is 1.94. The minimum Gasteiger partial charge on any atom is -0.456 e. The normalized spacial score (nSPS) is 11.5. The van der Waals surface area contributed by atoms with Gasteiger partial charge in [-0.15, -0.1) is 12.4 Å². The lowest BCUT2D eigenvalue weighted by molar-refractivity contribution is 0.460. The molecule has 0 amide bonds. The minimum absolute atomic E-state index is 0. The summed E-state index contributed by atoms with van der Waals surface area (Å²) in [6, 6.07) is 16.1. The van der Waals surface area contributed by atoms with Crippen molar-refractivity contribution in [2.45, 2.75) is 34.2 Å². The molecule has 3 aromatic heterocycles. The van der Waals surface area contributed by atoms with E-state index < -0.39 is 0 Å². The molecule has 0 saturated carbocycles. The largest absolute Gasteiger partial charge is 0.456 e. The van der Waals surface area contributed by atoms with Crippen LogP contribution in [0.5, 0.6) is 11.6 Å². The predicted octanol–water partition coefficient (Wildman–Crippen LogP) is 7.42. The minimum atomic E-state index is 0. The van der Waals surface area contributed by atoms with E-state index in [2.05, 4.69) is 49.4 Å². The van der Waals surface area contributed by atoms with Crippen LogP contribution in [0.3, 0.4) is 0 Å². The van der Waals surface area contributed by atoms with E-state index in [1.165, 1.54) is 16.6 Å². The Bertz CT molecular complexity index is 1360. The lowest BCUT2D eigenvalue weighted by Gasteiger charge is -2.13. The van der Waals surface area contributed by atoms with Crippen LogP contribution < -0.4 is 4.74 Å².